The molecule has 26 heavy (non-hydrogen) atoms. The second kappa shape index (κ2) is 9.75. The number of ether oxygens (including phenoxy) is 1. The van der Waals surface area contributed by atoms with Gasteiger partial charge in [0, 0.05) is 24.7 Å². The minimum absolute atomic E-state index is 0.138. The van der Waals surface area contributed by atoms with Crippen LogP contribution in [0.3, 0.4) is 0 Å². The van der Waals surface area contributed by atoms with E-state index < -0.39 is 6.09 Å². The number of rotatable bonds is 7. The SMILES string of the molecule is C=CCOC[C@@H]1CCCN(C[C@@H]2CCCC[C@H]2N(C(=O)O)C(C)(C)C)C1. The molecule has 2 fully saturated rings. The first-order valence-corrected chi connectivity index (χ1v) is 10.3. The summed E-state index contributed by atoms with van der Waals surface area (Å²) in [5.41, 5.74) is -0.352. The van der Waals surface area contributed by atoms with Crippen LogP contribution in [0.2, 0.25) is 0 Å². The molecule has 1 aliphatic carbocycles. The fraction of sp³-hybridized carbons (Fsp3) is 0.857. The second-order valence-corrected chi connectivity index (χ2v) is 9.03. The van der Waals surface area contributed by atoms with Crippen LogP contribution in [0.1, 0.15) is 59.3 Å². The van der Waals surface area contributed by atoms with E-state index in [4.69, 9.17) is 4.74 Å². The molecule has 2 rings (SSSR count). The zero-order valence-electron chi connectivity index (χ0n) is 17.0. The summed E-state index contributed by atoms with van der Waals surface area (Å²) in [4.78, 5) is 16.2. The van der Waals surface area contributed by atoms with Crippen molar-refractivity contribution in [3.05, 3.63) is 12.7 Å². The van der Waals surface area contributed by atoms with Crippen molar-refractivity contribution >= 4 is 6.09 Å². The maximum Gasteiger partial charge on any atom is 0.407 e. The zero-order valence-corrected chi connectivity index (χ0v) is 17.0. The first-order valence-electron chi connectivity index (χ1n) is 10.3. The highest BCUT2D eigenvalue weighted by molar-refractivity contribution is 5.66. The first kappa shape index (κ1) is 21.2. The van der Waals surface area contributed by atoms with Gasteiger partial charge < -0.3 is 19.6 Å². The average molecular weight is 367 g/mol. The fourth-order valence-electron chi connectivity index (χ4n) is 4.77. The maximum absolute atomic E-state index is 12.0. The summed E-state index contributed by atoms with van der Waals surface area (Å²) in [6.07, 6.45) is 7.96. The van der Waals surface area contributed by atoms with Crippen LogP contribution in [-0.2, 0) is 4.74 Å². The molecule has 1 aliphatic heterocycles. The molecule has 5 nitrogen and oxygen atoms in total. The van der Waals surface area contributed by atoms with Gasteiger partial charge in [0.25, 0.3) is 0 Å². The quantitative estimate of drug-likeness (QED) is 0.541. The number of hydrogen-bond acceptors (Lipinski definition) is 3. The Morgan fingerprint density at radius 3 is 2.65 bits per heavy atom. The van der Waals surface area contributed by atoms with E-state index in [2.05, 4.69) is 11.5 Å². The molecule has 1 amide bonds. The summed E-state index contributed by atoms with van der Waals surface area (Å²) >= 11 is 0. The van der Waals surface area contributed by atoms with Gasteiger partial charge in [-0.3, -0.25) is 0 Å². The van der Waals surface area contributed by atoms with Crippen LogP contribution in [0.15, 0.2) is 12.7 Å². The molecule has 3 atom stereocenters. The molecule has 150 valence electrons. The van der Waals surface area contributed by atoms with Crippen LogP contribution in [-0.4, -0.2) is 65.4 Å². The molecule has 0 bridgehead atoms. The standard InChI is InChI=1S/C21H38N2O3/c1-5-13-26-16-17-9-8-12-22(14-17)15-18-10-6-7-11-19(18)23(20(24)25)21(2,3)4/h5,17-19H,1,6-16H2,2-4H3,(H,24,25)/t17-,18+,19-/m1/s1. The number of carbonyl (C=O) groups is 1. The molecule has 0 unspecified atom stereocenters. The number of nitrogens with zero attached hydrogens (tertiary/aromatic N) is 2. The normalized spacial score (nSPS) is 27.9. The number of piperidine rings is 1. The van der Waals surface area contributed by atoms with Gasteiger partial charge in [-0.05, 0) is 64.8 Å². The second-order valence-electron chi connectivity index (χ2n) is 9.03. The summed E-state index contributed by atoms with van der Waals surface area (Å²) in [7, 11) is 0. The molecule has 1 saturated carbocycles. The molecule has 1 saturated heterocycles. The lowest BCUT2D eigenvalue weighted by atomic mass is 9.81. The summed E-state index contributed by atoms with van der Waals surface area (Å²) < 4.78 is 5.67. The molecule has 2 aliphatic rings. The largest absolute Gasteiger partial charge is 0.465 e. The van der Waals surface area contributed by atoms with E-state index in [0.29, 0.717) is 18.4 Å². The van der Waals surface area contributed by atoms with Crippen molar-refractivity contribution in [1.29, 1.82) is 0 Å². The Labute approximate surface area is 159 Å². The van der Waals surface area contributed by atoms with Crippen LogP contribution in [0.4, 0.5) is 4.79 Å². The monoisotopic (exact) mass is 366 g/mol. The predicted molar refractivity (Wildman–Crippen MR) is 106 cm³/mol. The van der Waals surface area contributed by atoms with Crippen molar-refractivity contribution in [3.63, 3.8) is 0 Å². The highest BCUT2D eigenvalue weighted by atomic mass is 16.5. The molecule has 1 heterocycles. The van der Waals surface area contributed by atoms with Gasteiger partial charge in [0.05, 0.1) is 13.2 Å². The maximum atomic E-state index is 12.0. The summed E-state index contributed by atoms with van der Waals surface area (Å²) in [5, 5.41) is 9.84. The Morgan fingerprint density at radius 2 is 2.00 bits per heavy atom. The van der Waals surface area contributed by atoms with Crippen molar-refractivity contribution in [2.75, 3.05) is 32.8 Å². The molecule has 5 heteroatoms. The van der Waals surface area contributed by atoms with Crippen LogP contribution in [0.25, 0.3) is 0 Å². The van der Waals surface area contributed by atoms with Gasteiger partial charge in [0.2, 0.25) is 0 Å². The first-order chi connectivity index (χ1) is 12.3. The Kier molecular flexibility index (Phi) is 7.96. The van der Waals surface area contributed by atoms with E-state index in [0.717, 1.165) is 45.5 Å². The van der Waals surface area contributed by atoms with E-state index in [1.807, 2.05) is 20.8 Å². The number of carboxylic acid groups (broad SMARTS) is 1. The van der Waals surface area contributed by atoms with E-state index in [9.17, 15) is 9.90 Å². The smallest absolute Gasteiger partial charge is 0.407 e. The number of likely N-dealkylation sites (tertiary alicyclic amines) is 1. The molecular formula is C21H38N2O3. The summed E-state index contributed by atoms with van der Waals surface area (Å²) in [5.74, 6) is 1.02. The Hall–Kier alpha value is -1.07. The third-order valence-corrected chi connectivity index (χ3v) is 5.81. The highest BCUT2D eigenvalue weighted by Gasteiger charge is 2.39. The molecular weight excluding hydrogens is 328 g/mol. The zero-order chi connectivity index (χ0) is 19.2. The topological polar surface area (TPSA) is 53.0 Å². The highest BCUT2D eigenvalue weighted by Crippen LogP contribution is 2.34. The van der Waals surface area contributed by atoms with Crippen LogP contribution in [0, 0.1) is 11.8 Å². The fourth-order valence-corrected chi connectivity index (χ4v) is 4.77. The van der Waals surface area contributed by atoms with Crippen molar-refractivity contribution in [2.24, 2.45) is 11.8 Å². The van der Waals surface area contributed by atoms with E-state index >= 15 is 0 Å². The van der Waals surface area contributed by atoms with E-state index in [-0.39, 0.29) is 11.6 Å². The lowest BCUT2D eigenvalue weighted by Gasteiger charge is -2.47. The van der Waals surface area contributed by atoms with Gasteiger partial charge in [-0.2, -0.15) is 0 Å². The van der Waals surface area contributed by atoms with Crippen LogP contribution in [0.5, 0.6) is 0 Å². The Balaban J connectivity index is 1.98. The number of amides is 1. The minimum atomic E-state index is -0.774. The lowest BCUT2D eigenvalue weighted by Crippen LogP contribution is -2.56. The lowest BCUT2D eigenvalue weighted by molar-refractivity contribution is 0.0124. The number of hydrogen-bond donors (Lipinski definition) is 1. The van der Waals surface area contributed by atoms with Gasteiger partial charge >= 0.3 is 6.09 Å². The van der Waals surface area contributed by atoms with Crippen LogP contribution < -0.4 is 0 Å². The van der Waals surface area contributed by atoms with Crippen molar-refractivity contribution < 1.29 is 14.6 Å². The van der Waals surface area contributed by atoms with Crippen LogP contribution >= 0.6 is 0 Å². The Bertz CT molecular complexity index is 461. The molecule has 0 aromatic rings. The van der Waals surface area contributed by atoms with Crippen molar-refractivity contribution in [1.82, 2.24) is 9.80 Å². The molecule has 0 aromatic heterocycles. The van der Waals surface area contributed by atoms with E-state index in [1.54, 1.807) is 11.0 Å². The predicted octanol–water partition coefficient (Wildman–Crippen LogP) is 4.24. The third kappa shape index (κ3) is 5.98. The average Bonchev–Trinajstić information content (AvgIpc) is 2.56. The summed E-state index contributed by atoms with van der Waals surface area (Å²) in [6.45, 7) is 14.4. The van der Waals surface area contributed by atoms with Gasteiger partial charge in [0.1, 0.15) is 0 Å². The molecule has 0 aromatic carbocycles. The van der Waals surface area contributed by atoms with Gasteiger partial charge in [-0.25, -0.2) is 4.79 Å². The van der Waals surface area contributed by atoms with Gasteiger partial charge in [-0.1, -0.05) is 18.9 Å². The van der Waals surface area contributed by atoms with Gasteiger partial charge in [0.15, 0.2) is 0 Å². The van der Waals surface area contributed by atoms with Crippen molar-refractivity contribution in [2.45, 2.75) is 70.9 Å². The third-order valence-electron chi connectivity index (χ3n) is 5.81. The molecule has 0 spiro atoms. The molecule has 1 N–H and O–H groups in total. The Morgan fingerprint density at radius 1 is 1.27 bits per heavy atom. The molecule has 0 radical (unpaired) electrons. The van der Waals surface area contributed by atoms with Crippen molar-refractivity contribution in [3.8, 4) is 0 Å². The van der Waals surface area contributed by atoms with Gasteiger partial charge in [-0.15, -0.1) is 6.58 Å². The van der Waals surface area contributed by atoms with E-state index in [1.165, 1.54) is 19.3 Å². The summed E-state index contributed by atoms with van der Waals surface area (Å²) in [6, 6.07) is 0.138. The minimum Gasteiger partial charge on any atom is -0.465 e.